The summed E-state index contributed by atoms with van der Waals surface area (Å²) in [5.74, 6) is -1.37. The Balaban J connectivity index is 1.48. The minimum atomic E-state index is -4.75. The van der Waals surface area contributed by atoms with Crippen LogP contribution >= 0.6 is 11.3 Å². The summed E-state index contributed by atoms with van der Waals surface area (Å²) in [5, 5.41) is 17.4. The Labute approximate surface area is 229 Å². The largest absolute Gasteiger partial charge is 0.433 e. The molecule has 5 rings (SSSR count). The van der Waals surface area contributed by atoms with E-state index in [1.54, 1.807) is 31.6 Å². The van der Waals surface area contributed by atoms with Crippen molar-refractivity contribution >= 4 is 40.2 Å². The lowest BCUT2D eigenvalue weighted by molar-refractivity contribution is -0.142. The Hall–Kier alpha value is -4.53. The number of nitrogens with zero attached hydrogens (tertiary/aromatic N) is 7. The first-order chi connectivity index (χ1) is 19.0. The van der Waals surface area contributed by atoms with Gasteiger partial charge in [-0.3, -0.25) is 19.0 Å². The van der Waals surface area contributed by atoms with Gasteiger partial charge in [0, 0.05) is 24.5 Å². The Morgan fingerprint density at radius 3 is 2.38 bits per heavy atom. The van der Waals surface area contributed by atoms with Gasteiger partial charge in [0.05, 0.1) is 40.0 Å². The molecule has 5 aromatic rings. The van der Waals surface area contributed by atoms with Gasteiger partial charge in [-0.2, -0.15) is 28.5 Å². The third-order valence-electron chi connectivity index (χ3n) is 6.30. The molecule has 208 valence electrons. The van der Waals surface area contributed by atoms with E-state index in [9.17, 15) is 22.8 Å². The van der Waals surface area contributed by atoms with Gasteiger partial charge < -0.3 is 10.6 Å². The maximum atomic E-state index is 14.0. The summed E-state index contributed by atoms with van der Waals surface area (Å²) in [5.41, 5.74) is -0.0692. The van der Waals surface area contributed by atoms with Crippen molar-refractivity contribution in [3.8, 4) is 10.6 Å². The monoisotopic (exact) mass is 571 g/mol. The highest BCUT2D eigenvalue weighted by Crippen LogP contribution is 2.34. The summed E-state index contributed by atoms with van der Waals surface area (Å²) in [6.45, 7) is 5.82. The molecule has 40 heavy (non-hydrogen) atoms. The number of aryl methyl sites for hydroxylation is 3. The summed E-state index contributed by atoms with van der Waals surface area (Å²) < 4.78 is 45.5. The van der Waals surface area contributed by atoms with Crippen molar-refractivity contribution in [2.24, 2.45) is 7.05 Å². The average Bonchev–Trinajstić information content (AvgIpc) is 3.70. The van der Waals surface area contributed by atoms with Gasteiger partial charge in [0.2, 0.25) is 0 Å². The number of thiophene rings is 1. The number of halogens is 3. The standard InChI is InChI=1S/C25H24F3N9O2S/c1-5-14-7-8-19(40-14)15-9-20(25(26,27)28)37-21(31-15)10-16(34-37)23(38)33-18-12-30-36(6-2)22(18)24(39)32-17-11-29-35(4)13(17)3/h7-12H,5-6H2,1-4H3,(H,32,39)(H,33,38). The second-order valence-electron chi connectivity index (χ2n) is 8.84. The van der Waals surface area contributed by atoms with Crippen molar-refractivity contribution < 1.29 is 22.8 Å². The molecule has 2 N–H and O–H groups in total. The number of carbonyl (C=O) groups excluding carboxylic acids is 2. The van der Waals surface area contributed by atoms with Crippen LogP contribution in [-0.4, -0.2) is 46.0 Å². The molecule has 15 heteroatoms. The SMILES string of the molecule is CCc1ccc(-c2cc(C(F)(F)F)n3nc(C(=O)Nc4cnn(CC)c4C(=O)Nc4cnn(C)c4C)cc3n2)s1. The molecule has 2 amide bonds. The maximum absolute atomic E-state index is 14.0. The summed E-state index contributed by atoms with van der Waals surface area (Å²) in [6.07, 6.45) is -1.22. The average molecular weight is 572 g/mol. The highest BCUT2D eigenvalue weighted by Gasteiger charge is 2.36. The van der Waals surface area contributed by atoms with Crippen LogP contribution in [0, 0.1) is 6.92 Å². The fraction of sp³-hybridized carbons (Fsp3) is 0.280. The Morgan fingerprint density at radius 2 is 1.75 bits per heavy atom. The smallest absolute Gasteiger partial charge is 0.318 e. The molecular weight excluding hydrogens is 547 g/mol. The first-order valence-corrected chi connectivity index (χ1v) is 13.1. The molecule has 5 aromatic heterocycles. The van der Waals surface area contributed by atoms with Gasteiger partial charge in [0.25, 0.3) is 11.8 Å². The fourth-order valence-electron chi connectivity index (χ4n) is 4.06. The number of carbonyl (C=O) groups is 2. The van der Waals surface area contributed by atoms with E-state index in [1.807, 2.05) is 13.0 Å². The molecule has 0 spiro atoms. The lowest BCUT2D eigenvalue weighted by Crippen LogP contribution is -2.21. The molecule has 0 aliphatic rings. The normalized spacial score (nSPS) is 11.8. The van der Waals surface area contributed by atoms with Gasteiger partial charge in [0.1, 0.15) is 5.69 Å². The molecule has 0 radical (unpaired) electrons. The van der Waals surface area contributed by atoms with Crippen LogP contribution in [0.15, 0.2) is 36.7 Å². The predicted octanol–water partition coefficient (Wildman–Crippen LogP) is 4.80. The van der Waals surface area contributed by atoms with Crippen LogP contribution in [0.4, 0.5) is 24.5 Å². The Bertz CT molecular complexity index is 1750. The molecule has 0 atom stereocenters. The molecule has 0 fully saturated rings. The van der Waals surface area contributed by atoms with Gasteiger partial charge in [-0.1, -0.05) is 6.92 Å². The van der Waals surface area contributed by atoms with E-state index in [4.69, 9.17) is 0 Å². The van der Waals surface area contributed by atoms with Gasteiger partial charge in [-0.15, -0.1) is 11.3 Å². The first-order valence-electron chi connectivity index (χ1n) is 12.2. The molecule has 5 heterocycles. The quantitative estimate of drug-likeness (QED) is 0.289. The molecule has 0 saturated carbocycles. The van der Waals surface area contributed by atoms with Gasteiger partial charge >= 0.3 is 6.18 Å². The van der Waals surface area contributed by atoms with Crippen LogP contribution in [0.2, 0.25) is 0 Å². The zero-order valence-electron chi connectivity index (χ0n) is 21.9. The number of hydrogen-bond acceptors (Lipinski definition) is 7. The van der Waals surface area contributed by atoms with Crippen LogP contribution in [0.25, 0.3) is 16.2 Å². The van der Waals surface area contributed by atoms with Crippen LogP contribution < -0.4 is 10.6 Å². The van der Waals surface area contributed by atoms with E-state index in [0.29, 0.717) is 27.3 Å². The zero-order chi connectivity index (χ0) is 28.8. The summed E-state index contributed by atoms with van der Waals surface area (Å²) in [6, 6.07) is 5.65. The highest BCUT2D eigenvalue weighted by molar-refractivity contribution is 7.15. The highest BCUT2D eigenvalue weighted by atomic mass is 32.1. The van der Waals surface area contributed by atoms with Crippen LogP contribution in [0.5, 0.6) is 0 Å². The van der Waals surface area contributed by atoms with E-state index in [1.165, 1.54) is 34.5 Å². The van der Waals surface area contributed by atoms with Crippen LogP contribution in [0.1, 0.15) is 51.1 Å². The molecule has 11 nitrogen and oxygen atoms in total. The lowest BCUT2D eigenvalue weighted by Gasteiger charge is -2.10. The molecule has 0 aliphatic heterocycles. The number of alkyl halides is 3. The molecule has 0 unspecified atom stereocenters. The van der Waals surface area contributed by atoms with Crippen LogP contribution in [-0.2, 0) is 26.2 Å². The number of aromatic nitrogens is 7. The second kappa shape index (κ2) is 10.2. The van der Waals surface area contributed by atoms with Crippen molar-refractivity contribution in [3.05, 3.63) is 64.3 Å². The van der Waals surface area contributed by atoms with Crippen molar-refractivity contribution in [2.75, 3.05) is 10.6 Å². The summed E-state index contributed by atoms with van der Waals surface area (Å²) in [7, 11) is 1.73. The number of hydrogen-bond donors (Lipinski definition) is 2. The van der Waals surface area contributed by atoms with Crippen molar-refractivity contribution in [2.45, 2.75) is 39.9 Å². The van der Waals surface area contributed by atoms with Crippen LogP contribution in [0.3, 0.4) is 0 Å². The van der Waals surface area contributed by atoms with E-state index < -0.39 is 23.7 Å². The van der Waals surface area contributed by atoms with E-state index in [2.05, 4.69) is 30.9 Å². The number of amides is 2. The number of anilines is 2. The van der Waals surface area contributed by atoms with E-state index in [0.717, 1.165) is 17.4 Å². The van der Waals surface area contributed by atoms with Gasteiger partial charge in [0.15, 0.2) is 17.0 Å². The van der Waals surface area contributed by atoms with Crippen molar-refractivity contribution in [1.82, 2.24) is 34.2 Å². The lowest BCUT2D eigenvalue weighted by atomic mass is 10.2. The first kappa shape index (κ1) is 27.1. The predicted molar refractivity (Wildman–Crippen MR) is 142 cm³/mol. The zero-order valence-corrected chi connectivity index (χ0v) is 22.7. The number of fused-ring (bicyclic) bond motifs is 1. The van der Waals surface area contributed by atoms with Gasteiger partial charge in [-0.25, -0.2) is 9.50 Å². The third kappa shape index (κ3) is 4.95. The molecular formula is C25H24F3N9O2S. The second-order valence-corrected chi connectivity index (χ2v) is 10.0. The van der Waals surface area contributed by atoms with Gasteiger partial charge in [-0.05, 0) is 38.5 Å². The topological polar surface area (TPSA) is 124 Å². The molecule has 0 saturated heterocycles. The van der Waals surface area contributed by atoms with E-state index in [-0.39, 0.29) is 28.4 Å². The Kier molecular flexibility index (Phi) is 6.91. The molecule has 0 bridgehead atoms. The minimum absolute atomic E-state index is 0.0590. The number of nitrogens with one attached hydrogen (secondary N) is 2. The maximum Gasteiger partial charge on any atom is 0.433 e. The fourth-order valence-corrected chi connectivity index (χ4v) is 4.97. The Morgan fingerprint density at radius 1 is 1.02 bits per heavy atom. The summed E-state index contributed by atoms with van der Waals surface area (Å²) in [4.78, 5) is 32.2. The molecule has 0 aromatic carbocycles. The number of rotatable bonds is 7. The minimum Gasteiger partial charge on any atom is -0.318 e. The third-order valence-corrected chi connectivity index (χ3v) is 7.55. The van der Waals surface area contributed by atoms with Crippen molar-refractivity contribution in [1.29, 1.82) is 0 Å². The molecule has 0 aliphatic carbocycles. The summed E-state index contributed by atoms with van der Waals surface area (Å²) >= 11 is 1.35. The van der Waals surface area contributed by atoms with Crippen molar-refractivity contribution in [3.63, 3.8) is 0 Å². The van der Waals surface area contributed by atoms with E-state index >= 15 is 0 Å².